The minimum atomic E-state index is 0.133. The lowest BCUT2D eigenvalue weighted by molar-refractivity contribution is 0.104. The third kappa shape index (κ3) is 1.69. The van der Waals surface area contributed by atoms with E-state index in [1.807, 2.05) is 29.8 Å². The molecule has 0 saturated heterocycles. The van der Waals surface area contributed by atoms with Crippen LogP contribution in [0.2, 0.25) is 0 Å². The maximum absolute atomic E-state index is 11.9. The van der Waals surface area contributed by atoms with Crippen molar-refractivity contribution in [2.24, 2.45) is 0 Å². The first-order chi connectivity index (χ1) is 6.70. The van der Waals surface area contributed by atoms with Crippen molar-refractivity contribution in [3.8, 4) is 0 Å². The van der Waals surface area contributed by atoms with Crippen LogP contribution in [0, 0.1) is 6.92 Å². The molecule has 0 spiro atoms. The Hall–Kier alpha value is -0.450. The van der Waals surface area contributed by atoms with Crippen LogP contribution in [0.4, 0.5) is 0 Å². The molecule has 0 aliphatic rings. The molecule has 0 atom stereocenters. The van der Waals surface area contributed by atoms with Gasteiger partial charge in [0.05, 0.1) is 9.75 Å². The van der Waals surface area contributed by atoms with Crippen molar-refractivity contribution in [2.45, 2.75) is 6.92 Å². The smallest absolute Gasteiger partial charge is 0.213 e. The Morgan fingerprint density at radius 1 is 1.43 bits per heavy atom. The fraction of sp³-hybridized carbons (Fsp3) is 0.100. The number of carbonyl (C=O) groups excluding carboxylic acids is 1. The standard InChI is InChI=1S/C10H7BrOS2/c1-6-7(11)5-14-10(6)9(12)8-3-2-4-13-8/h2-5H,1H3. The van der Waals surface area contributed by atoms with E-state index in [-0.39, 0.29) is 5.78 Å². The van der Waals surface area contributed by atoms with Crippen molar-refractivity contribution in [3.05, 3.63) is 42.7 Å². The van der Waals surface area contributed by atoms with E-state index >= 15 is 0 Å². The SMILES string of the molecule is Cc1c(Br)csc1C(=O)c1cccs1. The zero-order valence-electron chi connectivity index (χ0n) is 7.41. The summed E-state index contributed by atoms with van der Waals surface area (Å²) in [4.78, 5) is 13.6. The monoisotopic (exact) mass is 286 g/mol. The Morgan fingerprint density at radius 2 is 2.21 bits per heavy atom. The second-order valence-electron chi connectivity index (χ2n) is 2.84. The molecule has 4 heteroatoms. The predicted molar refractivity (Wildman–Crippen MR) is 64.5 cm³/mol. The van der Waals surface area contributed by atoms with Gasteiger partial charge in [0.2, 0.25) is 5.78 Å². The Kier molecular flexibility index (Phi) is 2.85. The Morgan fingerprint density at radius 3 is 2.71 bits per heavy atom. The van der Waals surface area contributed by atoms with E-state index in [4.69, 9.17) is 0 Å². The summed E-state index contributed by atoms with van der Waals surface area (Å²) in [7, 11) is 0. The molecule has 2 heterocycles. The minimum Gasteiger partial charge on any atom is -0.287 e. The van der Waals surface area contributed by atoms with Gasteiger partial charge in [-0.25, -0.2) is 0 Å². The second kappa shape index (κ2) is 3.96. The van der Waals surface area contributed by atoms with Gasteiger partial charge < -0.3 is 0 Å². The van der Waals surface area contributed by atoms with Gasteiger partial charge in [-0.1, -0.05) is 6.07 Å². The average molecular weight is 287 g/mol. The number of ketones is 1. The Bertz CT molecular complexity index is 456. The van der Waals surface area contributed by atoms with Crippen LogP contribution in [0.5, 0.6) is 0 Å². The second-order valence-corrected chi connectivity index (χ2v) is 5.53. The lowest BCUT2D eigenvalue weighted by Gasteiger charge is -1.95. The average Bonchev–Trinajstić information content (AvgIpc) is 2.77. The molecule has 0 saturated carbocycles. The molecule has 0 amide bonds. The molecule has 0 fully saturated rings. The molecule has 0 aromatic carbocycles. The molecule has 1 nitrogen and oxygen atoms in total. The lowest BCUT2D eigenvalue weighted by Crippen LogP contribution is -1.96. The first-order valence-corrected chi connectivity index (χ1v) is 6.57. The summed E-state index contributed by atoms with van der Waals surface area (Å²) < 4.78 is 1.02. The topological polar surface area (TPSA) is 17.1 Å². The molecule has 0 radical (unpaired) electrons. The summed E-state index contributed by atoms with van der Waals surface area (Å²) in [6.45, 7) is 1.96. The van der Waals surface area contributed by atoms with Gasteiger partial charge in [-0.15, -0.1) is 22.7 Å². The van der Waals surface area contributed by atoms with Gasteiger partial charge in [-0.05, 0) is 39.9 Å². The molecule has 0 N–H and O–H groups in total. The molecule has 0 aliphatic heterocycles. The van der Waals surface area contributed by atoms with E-state index in [0.717, 1.165) is 19.8 Å². The summed E-state index contributed by atoms with van der Waals surface area (Å²) in [6.07, 6.45) is 0. The molecule has 0 unspecified atom stereocenters. The summed E-state index contributed by atoms with van der Waals surface area (Å²) in [6, 6.07) is 3.76. The van der Waals surface area contributed by atoms with Crippen LogP contribution in [0.15, 0.2) is 27.4 Å². The molecular formula is C10H7BrOS2. The number of carbonyl (C=O) groups is 1. The molecule has 0 bridgehead atoms. The van der Waals surface area contributed by atoms with Crippen LogP contribution in [0.1, 0.15) is 20.1 Å². The summed E-state index contributed by atoms with van der Waals surface area (Å²) in [5.74, 6) is 0.133. The summed E-state index contributed by atoms with van der Waals surface area (Å²) in [5, 5.41) is 3.88. The minimum absolute atomic E-state index is 0.133. The quantitative estimate of drug-likeness (QED) is 0.760. The highest BCUT2D eigenvalue weighted by Gasteiger charge is 2.15. The molecule has 2 aromatic rings. The van der Waals surface area contributed by atoms with Gasteiger partial charge in [0.25, 0.3) is 0 Å². The van der Waals surface area contributed by atoms with Crippen LogP contribution in [-0.4, -0.2) is 5.78 Å². The van der Waals surface area contributed by atoms with Gasteiger partial charge in [0.1, 0.15) is 0 Å². The number of halogens is 1. The highest BCUT2D eigenvalue weighted by atomic mass is 79.9. The Labute approximate surface area is 98.5 Å². The molecule has 72 valence electrons. The highest BCUT2D eigenvalue weighted by Crippen LogP contribution is 2.29. The molecule has 2 rings (SSSR count). The summed E-state index contributed by atoms with van der Waals surface area (Å²) in [5.41, 5.74) is 1.04. The first-order valence-electron chi connectivity index (χ1n) is 4.02. The van der Waals surface area contributed by atoms with Crippen LogP contribution in [-0.2, 0) is 0 Å². The van der Waals surface area contributed by atoms with Crippen LogP contribution in [0.25, 0.3) is 0 Å². The van der Waals surface area contributed by atoms with Crippen molar-refractivity contribution in [1.82, 2.24) is 0 Å². The fourth-order valence-electron chi connectivity index (χ4n) is 1.14. The van der Waals surface area contributed by atoms with E-state index in [9.17, 15) is 4.79 Å². The van der Waals surface area contributed by atoms with E-state index in [0.29, 0.717) is 0 Å². The third-order valence-electron chi connectivity index (χ3n) is 1.93. The predicted octanol–water partition coefficient (Wildman–Crippen LogP) is 4.11. The van der Waals surface area contributed by atoms with Gasteiger partial charge in [0.15, 0.2) is 0 Å². The van der Waals surface area contributed by atoms with E-state index in [1.165, 1.54) is 22.7 Å². The van der Waals surface area contributed by atoms with Crippen LogP contribution < -0.4 is 0 Å². The van der Waals surface area contributed by atoms with Gasteiger partial charge >= 0.3 is 0 Å². The van der Waals surface area contributed by atoms with E-state index < -0.39 is 0 Å². The lowest BCUT2D eigenvalue weighted by atomic mass is 10.2. The van der Waals surface area contributed by atoms with E-state index in [2.05, 4.69) is 15.9 Å². The zero-order chi connectivity index (χ0) is 10.1. The van der Waals surface area contributed by atoms with Gasteiger partial charge in [0, 0.05) is 9.85 Å². The fourth-order valence-corrected chi connectivity index (χ4v) is 3.39. The molecular weight excluding hydrogens is 280 g/mol. The van der Waals surface area contributed by atoms with Crippen LogP contribution in [0.3, 0.4) is 0 Å². The Balaban J connectivity index is 2.42. The summed E-state index contributed by atoms with van der Waals surface area (Å²) >= 11 is 6.39. The maximum atomic E-state index is 11.9. The van der Waals surface area contributed by atoms with Crippen molar-refractivity contribution < 1.29 is 4.79 Å². The molecule has 0 aliphatic carbocycles. The van der Waals surface area contributed by atoms with Crippen molar-refractivity contribution in [3.63, 3.8) is 0 Å². The normalized spacial score (nSPS) is 10.4. The van der Waals surface area contributed by atoms with Crippen LogP contribution >= 0.6 is 38.6 Å². The molecule has 14 heavy (non-hydrogen) atoms. The van der Waals surface area contributed by atoms with Crippen molar-refractivity contribution in [2.75, 3.05) is 0 Å². The first kappa shape index (κ1) is 10.1. The van der Waals surface area contributed by atoms with Crippen molar-refractivity contribution >= 4 is 44.4 Å². The van der Waals surface area contributed by atoms with Crippen molar-refractivity contribution in [1.29, 1.82) is 0 Å². The molecule has 2 aromatic heterocycles. The number of hydrogen-bond donors (Lipinski definition) is 0. The van der Waals surface area contributed by atoms with Gasteiger partial charge in [-0.2, -0.15) is 0 Å². The van der Waals surface area contributed by atoms with Gasteiger partial charge in [-0.3, -0.25) is 4.79 Å². The number of hydrogen-bond acceptors (Lipinski definition) is 3. The number of thiophene rings is 2. The maximum Gasteiger partial charge on any atom is 0.213 e. The largest absolute Gasteiger partial charge is 0.287 e. The number of rotatable bonds is 2. The van der Waals surface area contributed by atoms with E-state index in [1.54, 1.807) is 0 Å². The zero-order valence-corrected chi connectivity index (χ0v) is 10.6. The highest BCUT2D eigenvalue weighted by molar-refractivity contribution is 9.10. The third-order valence-corrected chi connectivity index (χ3v) is 5.01.